The summed E-state index contributed by atoms with van der Waals surface area (Å²) in [6.45, 7) is 7.75. The van der Waals surface area contributed by atoms with Crippen LogP contribution in [-0.4, -0.2) is 0 Å². The van der Waals surface area contributed by atoms with Crippen LogP contribution in [0.4, 0.5) is 5.69 Å². The van der Waals surface area contributed by atoms with Crippen molar-refractivity contribution in [3.8, 4) is 17.2 Å². The lowest BCUT2D eigenvalue weighted by Gasteiger charge is -2.41. The van der Waals surface area contributed by atoms with Gasteiger partial charge in [-0.1, -0.05) is 78.9 Å². The van der Waals surface area contributed by atoms with Crippen LogP contribution in [0, 0.1) is 17.9 Å². The van der Waals surface area contributed by atoms with Crippen molar-refractivity contribution in [2.45, 2.75) is 11.5 Å². The number of hydrogen-bond acceptors (Lipinski definition) is 1. The van der Waals surface area contributed by atoms with E-state index in [1.54, 1.807) is 0 Å². The van der Waals surface area contributed by atoms with Crippen LogP contribution in [-0.2, 0) is 5.41 Å². The summed E-state index contributed by atoms with van der Waals surface area (Å²) < 4.78 is 2.27. The van der Waals surface area contributed by atoms with Gasteiger partial charge in [-0.15, -0.1) is 0 Å². The number of nitriles is 1. The summed E-state index contributed by atoms with van der Waals surface area (Å²) in [6, 6.07) is 37.9. The molecule has 0 aliphatic heterocycles. The van der Waals surface area contributed by atoms with Crippen molar-refractivity contribution in [1.29, 1.82) is 5.26 Å². The Labute approximate surface area is 210 Å². The molecule has 166 valence electrons. The van der Waals surface area contributed by atoms with E-state index in [0.29, 0.717) is 11.3 Å². The molecule has 0 fully saturated rings. The highest BCUT2D eigenvalue weighted by atomic mass is 15.0. The molecule has 0 N–H and O–H groups in total. The van der Waals surface area contributed by atoms with Crippen LogP contribution in [0.3, 0.4) is 0 Å². The Morgan fingerprint density at radius 1 is 0.694 bits per heavy atom. The molecular weight excluding hydrogens is 438 g/mol. The van der Waals surface area contributed by atoms with Crippen LogP contribution in [0.25, 0.3) is 16.0 Å². The van der Waals surface area contributed by atoms with E-state index in [0.717, 1.165) is 22.3 Å². The third-order valence-electron chi connectivity index (χ3n) is 7.73. The molecule has 1 spiro atoms. The lowest BCUT2D eigenvalue weighted by atomic mass is 9.60. The van der Waals surface area contributed by atoms with Gasteiger partial charge in [-0.05, 0) is 45.5 Å². The van der Waals surface area contributed by atoms with Crippen molar-refractivity contribution >= 4 is 5.69 Å². The van der Waals surface area contributed by atoms with E-state index in [2.05, 4.69) is 113 Å². The number of aromatic nitrogens is 1. The van der Waals surface area contributed by atoms with Gasteiger partial charge in [0, 0.05) is 23.3 Å². The second-order valence-electron chi connectivity index (χ2n) is 9.36. The zero-order valence-corrected chi connectivity index (χ0v) is 19.4. The Balaban J connectivity index is 1.68. The van der Waals surface area contributed by atoms with Crippen molar-refractivity contribution in [2.75, 3.05) is 0 Å². The van der Waals surface area contributed by atoms with Gasteiger partial charge in [0.2, 0.25) is 6.04 Å². The van der Waals surface area contributed by atoms with Crippen LogP contribution >= 0.6 is 0 Å². The summed E-state index contributed by atoms with van der Waals surface area (Å²) >= 11 is 0. The third-order valence-corrected chi connectivity index (χ3v) is 7.73. The van der Waals surface area contributed by atoms with Gasteiger partial charge < -0.3 is 0 Å². The molecule has 0 saturated heterocycles. The number of fused-ring (bicyclic) bond motifs is 9. The van der Waals surface area contributed by atoms with Gasteiger partial charge in [-0.2, -0.15) is 9.83 Å². The smallest absolute Gasteiger partial charge is 0.209 e. The van der Waals surface area contributed by atoms with Crippen molar-refractivity contribution in [3.05, 3.63) is 166 Å². The predicted octanol–water partition coefficient (Wildman–Crippen LogP) is 6.71. The predicted molar refractivity (Wildman–Crippen MR) is 139 cm³/mol. The largest absolute Gasteiger partial charge is 0.238 e. The van der Waals surface area contributed by atoms with Gasteiger partial charge in [0.1, 0.15) is 0 Å². The van der Waals surface area contributed by atoms with Gasteiger partial charge in [0.15, 0.2) is 18.1 Å². The molecule has 2 aliphatic rings. The average molecular weight is 459 g/mol. The first-order valence-electron chi connectivity index (χ1n) is 12.0. The SMILES string of the molecule is [C-]#[N+]c1ccc2c(c1)C1(c3cc(C#N)ccc3-2)c2ccccc2C([n+]2ccccc2)c2ccccc21. The number of hydrogen-bond donors (Lipinski definition) is 0. The van der Waals surface area contributed by atoms with Crippen LogP contribution in [0.5, 0.6) is 0 Å². The van der Waals surface area contributed by atoms with Gasteiger partial charge in [0.05, 0.1) is 23.6 Å². The van der Waals surface area contributed by atoms with E-state index < -0.39 is 5.41 Å². The maximum Gasteiger partial charge on any atom is 0.209 e. The summed E-state index contributed by atoms with van der Waals surface area (Å²) in [5.74, 6) is 0. The van der Waals surface area contributed by atoms with Gasteiger partial charge >= 0.3 is 0 Å². The second-order valence-corrected chi connectivity index (χ2v) is 9.36. The number of nitrogens with zero attached hydrogens (tertiary/aromatic N) is 3. The van der Waals surface area contributed by atoms with Crippen LogP contribution < -0.4 is 4.57 Å². The van der Waals surface area contributed by atoms with Crippen LogP contribution in [0.2, 0.25) is 0 Å². The monoisotopic (exact) mass is 458 g/mol. The first kappa shape index (κ1) is 20.4. The number of rotatable bonds is 1. The standard InChI is InChI=1S/C33H20N3/c1-35-23-14-16-25-24-15-13-22(21-34)19-30(24)33(31(25)20-23)28-11-5-3-9-26(28)32(36-17-7-2-8-18-36)27-10-4-6-12-29(27)33/h2-20,32H/q+1. The van der Waals surface area contributed by atoms with Crippen LogP contribution in [0.15, 0.2) is 116 Å². The molecule has 1 heterocycles. The van der Waals surface area contributed by atoms with E-state index in [1.165, 1.54) is 22.3 Å². The van der Waals surface area contributed by atoms with E-state index >= 15 is 0 Å². The zero-order valence-electron chi connectivity index (χ0n) is 19.4. The topological polar surface area (TPSA) is 32.0 Å². The molecule has 3 nitrogen and oxygen atoms in total. The summed E-state index contributed by atoms with van der Waals surface area (Å²) in [5, 5.41) is 9.84. The molecule has 1 aromatic heterocycles. The van der Waals surface area contributed by atoms with E-state index in [1.807, 2.05) is 18.2 Å². The number of benzene rings is 4. The fraction of sp³-hybridized carbons (Fsp3) is 0.0606. The molecule has 0 unspecified atom stereocenters. The van der Waals surface area contributed by atoms with E-state index in [4.69, 9.17) is 6.57 Å². The molecule has 4 aromatic carbocycles. The molecule has 3 heteroatoms. The molecule has 0 saturated carbocycles. The second kappa shape index (κ2) is 7.51. The Morgan fingerprint density at radius 2 is 1.31 bits per heavy atom. The van der Waals surface area contributed by atoms with Crippen molar-refractivity contribution in [1.82, 2.24) is 0 Å². The minimum atomic E-state index is -0.614. The fourth-order valence-electron chi connectivity index (χ4n) is 6.40. The minimum absolute atomic E-state index is 0.0138. The maximum absolute atomic E-state index is 9.84. The van der Waals surface area contributed by atoms with Crippen LogP contribution in [0.1, 0.15) is 45.0 Å². The Hall–Kier alpha value is -4.99. The summed E-state index contributed by atoms with van der Waals surface area (Å²) in [4.78, 5) is 3.79. The van der Waals surface area contributed by atoms with E-state index in [-0.39, 0.29) is 6.04 Å². The van der Waals surface area contributed by atoms with Crippen molar-refractivity contribution in [2.24, 2.45) is 0 Å². The summed E-state index contributed by atoms with van der Waals surface area (Å²) in [5.41, 5.74) is 9.95. The highest BCUT2D eigenvalue weighted by Gasteiger charge is 2.53. The molecular formula is C33H20N3+. The molecule has 36 heavy (non-hydrogen) atoms. The lowest BCUT2D eigenvalue weighted by molar-refractivity contribution is -0.705. The molecule has 2 aliphatic carbocycles. The van der Waals surface area contributed by atoms with Crippen molar-refractivity contribution < 1.29 is 4.57 Å². The minimum Gasteiger partial charge on any atom is -0.238 e. The lowest BCUT2D eigenvalue weighted by Crippen LogP contribution is -2.46. The molecule has 7 rings (SSSR count). The highest BCUT2D eigenvalue weighted by molar-refractivity contribution is 5.89. The first-order valence-corrected chi connectivity index (χ1v) is 12.0. The Morgan fingerprint density at radius 3 is 1.94 bits per heavy atom. The Bertz CT molecular complexity index is 1660. The highest BCUT2D eigenvalue weighted by Crippen LogP contribution is 2.61. The molecule has 0 atom stereocenters. The fourth-order valence-corrected chi connectivity index (χ4v) is 6.40. The number of pyridine rings is 1. The molecule has 0 radical (unpaired) electrons. The normalized spacial score (nSPS) is 18.3. The quantitative estimate of drug-likeness (QED) is 0.199. The third kappa shape index (κ3) is 2.52. The van der Waals surface area contributed by atoms with E-state index in [9.17, 15) is 5.26 Å². The summed E-state index contributed by atoms with van der Waals surface area (Å²) in [6.07, 6.45) is 4.25. The maximum atomic E-state index is 9.84. The van der Waals surface area contributed by atoms with Gasteiger partial charge in [-0.25, -0.2) is 4.85 Å². The van der Waals surface area contributed by atoms with Crippen molar-refractivity contribution in [3.63, 3.8) is 0 Å². The molecule has 0 amide bonds. The van der Waals surface area contributed by atoms with Gasteiger partial charge in [0.25, 0.3) is 0 Å². The Kier molecular flexibility index (Phi) is 4.25. The molecule has 5 aromatic rings. The molecule has 0 bridgehead atoms. The average Bonchev–Trinajstić information content (AvgIpc) is 3.23. The summed E-state index contributed by atoms with van der Waals surface area (Å²) in [7, 11) is 0. The van der Waals surface area contributed by atoms with Gasteiger partial charge in [-0.3, -0.25) is 0 Å². The zero-order chi connectivity index (χ0) is 24.3. The first-order chi connectivity index (χ1) is 17.8.